The van der Waals surface area contributed by atoms with E-state index in [1.807, 2.05) is 38.1 Å². The molecule has 0 radical (unpaired) electrons. The van der Waals surface area contributed by atoms with Gasteiger partial charge in [-0.2, -0.15) is 0 Å². The molecule has 0 atom stereocenters. The van der Waals surface area contributed by atoms with Gasteiger partial charge in [0.05, 0.1) is 39.9 Å². The first-order chi connectivity index (χ1) is 71.9. The van der Waals surface area contributed by atoms with Crippen LogP contribution < -0.4 is 0 Å². The Morgan fingerprint density at radius 3 is 0.795 bits per heavy atom. The summed E-state index contributed by atoms with van der Waals surface area (Å²) in [6.45, 7) is 10.3. The van der Waals surface area contributed by atoms with Crippen LogP contribution in [0.25, 0.3) is 249 Å². The fraction of sp³-hybridized carbons (Fsp3) is 0.0365. The van der Waals surface area contributed by atoms with Crippen LogP contribution in [0.2, 0.25) is 0 Å². The lowest BCUT2D eigenvalue weighted by atomic mass is 9.89. The summed E-state index contributed by atoms with van der Waals surface area (Å²) in [6.07, 6.45) is 6.27. The third-order valence-corrected chi connectivity index (χ3v) is 28.4. The first-order valence-corrected chi connectivity index (χ1v) is 49.8. The summed E-state index contributed by atoms with van der Waals surface area (Å²) in [4.78, 5) is 29.7. The Hall–Kier alpha value is -19.0. The molecular formula is C137H97N9. The highest BCUT2D eigenvalue weighted by Crippen LogP contribution is 2.47. The van der Waals surface area contributed by atoms with Gasteiger partial charge in [-0.3, -0.25) is 28.2 Å². The summed E-state index contributed by atoms with van der Waals surface area (Å²) in [7, 11) is 0. The number of aromatic nitrogens is 9. The minimum absolute atomic E-state index is 0.932. The van der Waals surface area contributed by atoms with Gasteiger partial charge < -0.3 is 0 Å². The van der Waals surface area contributed by atoms with Crippen LogP contribution in [-0.2, 0) is 0 Å². The maximum atomic E-state index is 5.10. The molecule has 0 aliphatic carbocycles. The average molecular weight is 1870 g/mol. The zero-order chi connectivity index (χ0) is 97.8. The Bertz CT molecular complexity index is 9700. The van der Waals surface area contributed by atoms with Crippen molar-refractivity contribution >= 4 is 81.6 Å². The molecule has 0 unspecified atom stereocenters. The van der Waals surface area contributed by atoms with Crippen LogP contribution in [-0.4, -0.2) is 43.1 Å². The zero-order valence-corrected chi connectivity index (χ0v) is 81.4. The summed E-state index contributed by atoms with van der Waals surface area (Å²) < 4.78 is 6.54. The van der Waals surface area contributed by atoms with Crippen molar-refractivity contribution in [3.63, 3.8) is 0 Å². The Labute approximate surface area is 847 Å². The lowest BCUT2D eigenvalue weighted by Gasteiger charge is -2.16. The number of hydrogen-bond donors (Lipinski definition) is 0. The first-order valence-electron chi connectivity index (χ1n) is 49.8. The molecule has 27 rings (SSSR count). The van der Waals surface area contributed by atoms with Crippen LogP contribution >= 0.6 is 0 Å². The van der Waals surface area contributed by atoms with Crippen molar-refractivity contribution in [3.05, 3.63) is 526 Å². The molecule has 9 nitrogen and oxygen atoms in total. The molecule has 18 aromatic carbocycles. The van der Waals surface area contributed by atoms with Crippen LogP contribution in [0.4, 0.5) is 0 Å². The van der Waals surface area contributed by atoms with E-state index < -0.39 is 0 Å². The predicted octanol–water partition coefficient (Wildman–Crippen LogP) is 35.7. The third-order valence-electron chi connectivity index (χ3n) is 28.4. The number of fused-ring (bicyclic) bond motifs is 12. The Morgan fingerprint density at radius 1 is 0.151 bits per heavy atom. The molecule has 0 aliphatic rings. The van der Waals surface area contributed by atoms with Gasteiger partial charge in [0, 0.05) is 91.6 Å². The molecule has 0 saturated heterocycles. The van der Waals surface area contributed by atoms with E-state index in [0.29, 0.717) is 0 Å². The van der Waals surface area contributed by atoms with E-state index in [2.05, 4.69) is 513 Å². The van der Waals surface area contributed by atoms with Gasteiger partial charge in [0.2, 0.25) is 0 Å². The van der Waals surface area contributed by atoms with Crippen LogP contribution in [0.15, 0.2) is 498 Å². The van der Waals surface area contributed by atoms with Gasteiger partial charge in [-0.25, -0.2) is 15.0 Å². The Kier molecular flexibility index (Phi) is 23.0. The van der Waals surface area contributed by atoms with E-state index >= 15 is 0 Å². The molecule has 146 heavy (non-hydrogen) atoms. The molecule has 0 N–H and O–H groups in total. The van der Waals surface area contributed by atoms with E-state index in [1.54, 1.807) is 0 Å². The van der Waals surface area contributed by atoms with Gasteiger partial charge in [0.15, 0.2) is 0 Å². The second kappa shape index (κ2) is 37.9. The van der Waals surface area contributed by atoms with Crippen molar-refractivity contribution < 1.29 is 0 Å². The van der Waals surface area contributed by atoms with Crippen LogP contribution in [0, 0.1) is 34.6 Å². The topological polar surface area (TPSA) is 90.6 Å². The largest absolute Gasteiger partial charge is 0.299 e. The van der Waals surface area contributed by atoms with Crippen molar-refractivity contribution in [1.29, 1.82) is 0 Å². The lowest BCUT2D eigenvalue weighted by molar-refractivity contribution is 1.12. The van der Waals surface area contributed by atoms with Crippen LogP contribution in [0.3, 0.4) is 0 Å². The maximum absolute atomic E-state index is 5.10. The summed E-state index contributed by atoms with van der Waals surface area (Å²) >= 11 is 0. The van der Waals surface area contributed by atoms with E-state index in [0.717, 1.165) is 163 Å². The summed E-state index contributed by atoms with van der Waals surface area (Å²) in [5.41, 5.74) is 41.6. The highest BCUT2D eigenvalue weighted by Gasteiger charge is 2.24. The maximum Gasteiger partial charge on any atom is 0.137 e. The second-order valence-electron chi connectivity index (χ2n) is 37.9. The van der Waals surface area contributed by atoms with Crippen LogP contribution in [0.5, 0.6) is 0 Å². The molecular weight excluding hydrogens is 1770 g/mol. The highest BCUT2D eigenvalue weighted by atomic mass is 15.0. The quantitative estimate of drug-likeness (QED) is 0.0950. The summed E-state index contributed by atoms with van der Waals surface area (Å²) in [5.74, 6) is 0. The minimum Gasteiger partial charge on any atom is -0.299 e. The SMILES string of the molecule is Cc1cc(-c2cc(-c3ccc(-c4nc5ccccn5c4-c4ccccc4)cc3)cc(-c3cc4ccccc4c4ccccc34)c2)cc(C)n1.Cc1ccc(-c2cc(-c3ccc(-c4nc5ccccn5c4-c4ccccc4)cc3)cc(-c3cc4ccccc4c4ccccc34)c2)c(C)n1.Cc1cccc(-c2cc(-c3ccc(-c4nc5ccccn5c4-c4ccccc4)cc3)cc(-c3cc4ccccc4c4ccccc34)c2)n1. The minimum atomic E-state index is 0.932. The van der Waals surface area contributed by atoms with Gasteiger partial charge in [-0.1, -0.05) is 340 Å². The molecule has 0 fully saturated rings. The second-order valence-corrected chi connectivity index (χ2v) is 37.9. The number of pyridine rings is 6. The molecule has 9 heterocycles. The standard InChI is InChI=1S/2C46H33N3.C45H31N3/c1-30-19-24-39(31(2)47-30)37-26-36(27-38(28-37)43-29-35-14-6-7-15-40(35)41-16-8-9-17-42(41)43)32-20-22-33(23-21-32)45-46(34-12-4-3-5-13-34)49-25-11-10-18-44(49)48-45;1-30-24-36(25-31(2)47-30)38-26-37(27-39(28-38)43-29-35-14-6-7-15-40(35)41-16-8-9-17-42(41)43)32-19-21-33(22-20-32)45-46(34-12-4-3-5-13-34)49-23-11-10-18-44(49)48-45;1-30-12-11-19-42(46-30)37-27-35(26-36(28-37)41-29-34-15-5-6-16-38(34)39-17-7-8-18-40(39)41)31-21-23-32(24-22-31)44-45(33-13-3-2-4-14-33)48-25-10-9-20-43(48)47-44/h2*3-29H,1-2H3;2-29H,1H3. The third kappa shape index (κ3) is 16.9. The van der Waals surface area contributed by atoms with Gasteiger partial charge in [0.1, 0.15) is 16.9 Å². The normalized spacial score (nSPS) is 11.5. The molecule has 0 spiro atoms. The van der Waals surface area contributed by atoms with Crippen molar-refractivity contribution in [1.82, 2.24) is 43.1 Å². The number of hydrogen-bond acceptors (Lipinski definition) is 6. The average Bonchev–Trinajstić information content (AvgIpc) is 0.964. The Morgan fingerprint density at radius 2 is 0.432 bits per heavy atom. The molecule has 690 valence electrons. The van der Waals surface area contributed by atoms with Gasteiger partial charge in [-0.05, 0) is 322 Å². The van der Waals surface area contributed by atoms with Crippen molar-refractivity contribution in [2.24, 2.45) is 0 Å². The van der Waals surface area contributed by atoms with Gasteiger partial charge in [0.25, 0.3) is 0 Å². The van der Waals surface area contributed by atoms with E-state index in [4.69, 9.17) is 24.9 Å². The molecule has 0 aliphatic heterocycles. The molecule has 27 aromatic rings. The smallest absolute Gasteiger partial charge is 0.137 e. The summed E-state index contributed by atoms with van der Waals surface area (Å²) in [5, 5.41) is 15.1. The molecule has 0 saturated carbocycles. The van der Waals surface area contributed by atoms with Crippen molar-refractivity contribution in [3.8, 4) is 168 Å². The molecule has 0 bridgehead atoms. The number of benzene rings is 18. The fourth-order valence-corrected chi connectivity index (χ4v) is 21.6. The van der Waals surface area contributed by atoms with Crippen molar-refractivity contribution in [2.75, 3.05) is 0 Å². The number of nitrogens with zero attached hydrogens (tertiary/aromatic N) is 9. The number of imidazole rings is 3. The van der Waals surface area contributed by atoms with Crippen LogP contribution in [0.1, 0.15) is 28.5 Å². The zero-order valence-electron chi connectivity index (χ0n) is 81.4. The first kappa shape index (κ1) is 88.5. The van der Waals surface area contributed by atoms with E-state index in [9.17, 15) is 0 Å². The lowest BCUT2D eigenvalue weighted by Crippen LogP contribution is -1.93. The number of aryl methyl sites for hydroxylation is 5. The highest BCUT2D eigenvalue weighted by molar-refractivity contribution is 6.17. The van der Waals surface area contributed by atoms with Crippen molar-refractivity contribution in [2.45, 2.75) is 34.6 Å². The van der Waals surface area contributed by atoms with E-state index in [1.165, 1.54) is 115 Å². The van der Waals surface area contributed by atoms with E-state index in [-0.39, 0.29) is 0 Å². The monoisotopic (exact) mass is 1870 g/mol. The predicted molar refractivity (Wildman–Crippen MR) is 609 cm³/mol. The number of rotatable bonds is 15. The molecule has 9 aromatic heterocycles. The molecule has 9 heteroatoms. The fourth-order valence-electron chi connectivity index (χ4n) is 21.6. The molecule has 0 amide bonds. The van der Waals surface area contributed by atoms with Gasteiger partial charge >= 0.3 is 0 Å². The Balaban J connectivity index is 0.000000114. The summed E-state index contributed by atoms with van der Waals surface area (Å²) in [6, 6.07) is 172. The van der Waals surface area contributed by atoms with Gasteiger partial charge in [-0.15, -0.1) is 0 Å².